The van der Waals surface area contributed by atoms with Crippen LogP contribution in [-0.4, -0.2) is 26.9 Å². The number of benzene rings is 1. The molecule has 1 aliphatic rings. The maximum atomic E-state index is 14.0. The summed E-state index contributed by atoms with van der Waals surface area (Å²) in [6.45, 7) is 6.96. The van der Waals surface area contributed by atoms with Gasteiger partial charge in [-0.25, -0.2) is 4.98 Å². The Kier molecular flexibility index (Phi) is 6.59. The molecular weight excluding hydrogens is 475 g/mol. The summed E-state index contributed by atoms with van der Waals surface area (Å²) in [5.41, 5.74) is -0.716. The fraction of sp³-hybridized carbons (Fsp3) is 0.400. The van der Waals surface area contributed by atoms with Crippen molar-refractivity contribution in [3.63, 3.8) is 0 Å². The van der Waals surface area contributed by atoms with Crippen LogP contribution >= 0.6 is 0 Å². The number of carbonyl (C=O) groups excluding carboxylic acids is 2. The average Bonchev–Trinajstić information content (AvgIpc) is 3.53. The van der Waals surface area contributed by atoms with Gasteiger partial charge in [0.25, 0.3) is 0 Å². The minimum atomic E-state index is -4.68. The molecule has 1 atom stereocenters. The maximum Gasteiger partial charge on any atom is 0.416 e. The molecule has 8 nitrogen and oxygen atoms in total. The molecule has 11 heteroatoms. The van der Waals surface area contributed by atoms with Crippen LogP contribution in [0, 0.1) is 5.92 Å². The molecule has 1 aromatic carbocycles. The Labute approximate surface area is 205 Å². The molecule has 0 aliphatic heterocycles. The molecule has 0 radical (unpaired) electrons. The molecule has 2 heterocycles. The summed E-state index contributed by atoms with van der Waals surface area (Å²) in [5, 5.41) is 8.97. The summed E-state index contributed by atoms with van der Waals surface area (Å²) in [7, 11) is 0. The van der Waals surface area contributed by atoms with Crippen LogP contribution < -0.4 is 10.6 Å². The number of anilines is 1. The van der Waals surface area contributed by atoms with E-state index in [2.05, 4.69) is 25.8 Å². The minimum absolute atomic E-state index is 0.0320. The predicted octanol–water partition coefficient (Wildman–Crippen LogP) is 5.29. The van der Waals surface area contributed by atoms with Gasteiger partial charge in [-0.1, -0.05) is 38.1 Å². The topological polar surface area (TPSA) is 110 Å². The van der Waals surface area contributed by atoms with Gasteiger partial charge in [-0.3, -0.25) is 9.59 Å². The number of carbonyl (C=O) groups is 2. The van der Waals surface area contributed by atoms with E-state index in [1.165, 1.54) is 31.3 Å². The number of halogens is 3. The van der Waals surface area contributed by atoms with Crippen molar-refractivity contribution in [2.45, 2.75) is 58.2 Å². The van der Waals surface area contributed by atoms with Crippen molar-refractivity contribution in [1.29, 1.82) is 0 Å². The zero-order chi connectivity index (χ0) is 26.3. The highest BCUT2D eigenvalue weighted by atomic mass is 19.4. The first-order chi connectivity index (χ1) is 16.8. The molecule has 1 saturated carbocycles. The second kappa shape index (κ2) is 9.36. The SMILES string of the molecule is CC(NC(=O)c1nc(C(C)(C)C)no1)c1ccc(-c2ccnc(NC(=O)C3CC3)c2)cc1C(F)(F)F. The Hall–Kier alpha value is -3.76. The summed E-state index contributed by atoms with van der Waals surface area (Å²) < 4.78 is 47.1. The molecule has 0 saturated heterocycles. The van der Waals surface area contributed by atoms with Gasteiger partial charge in [-0.2, -0.15) is 18.2 Å². The third kappa shape index (κ3) is 5.72. The standard InChI is InChI=1S/C25H26F3N5O3/c1-13(30-21(35)22-32-23(33-36-22)24(2,3)4)17-8-7-15(11-18(17)25(26,27)28)16-9-10-29-19(12-16)31-20(34)14-5-6-14/h7-14H,5-6H2,1-4H3,(H,30,35)(H,29,31,34). The normalized spacial score (nSPS) is 14.9. The van der Waals surface area contributed by atoms with Gasteiger partial charge in [0.05, 0.1) is 11.6 Å². The van der Waals surface area contributed by atoms with E-state index < -0.39 is 29.1 Å². The average molecular weight is 502 g/mol. The van der Waals surface area contributed by atoms with Crippen LogP contribution in [-0.2, 0) is 16.4 Å². The number of nitrogens with one attached hydrogen (secondary N) is 2. The van der Waals surface area contributed by atoms with E-state index in [9.17, 15) is 22.8 Å². The van der Waals surface area contributed by atoms with Crippen molar-refractivity contribution in [2.75, 3.05) is 5.32 Å². The minimum Gasteiger partial charge on any atom is -0.341 e. The van der Waals surface area contributed by atoms with E-state index in [0.29, 0.717) is 17.0 Å². The van der Waals surface area contributed by atoms with E-state index in [1.807, 2.05) is 20.8 Å². The van der Waals surface area contributed by atoms with Crippen LogP contribution in [0.2, 0.25) is 0 Å². The summed E-state index contributed by atoms with van der Waals surface area (Å²) in [6.07, 6.45) is -1.61. The van der Waals surface area contributed by atoms with Gasteiger partial charge < -0.3 is 15.2 Å². The van der Waals surface area contributed by atoms with Gasteiger partial charge in [0.1, 0.15) is 5.82 Å². The highest BCUT2D eigenvalue weighted by molar-refractivity contribution is 5.93. The number of rotatable bonds is 6. The third-order valence-electron chi connectivity index (χ3n) is 5.76. The first kappa shape index (κ1) is 25.3. The van der Waals surface area contributed by atoms with Gasteiger partial charge in [0, 0.05) is 17.5 Å². The Morgan fingerprint density at radius 2 is 1.78 bits per heavy atom. The lowest BCUT2D eigenvalue weighted by atomic mass is 9.95. The maximum absolute atomic E-state index is 14.0. The highest BCUT2D eigenvalue weighted by Gasteiger charge is 2.36. The van der Waals surface area contributed by atoms with Gasteiger partial charge >= 0.3 is 18.0 Å². The van der Waals surface area contributed by atoms with Crippen LogP contribution in [0.25, 0.3) is 11.1 Å². The lowest BCUT2D eigenvalue weighted by Gasteiger charge is -2.20. The highest BCUT2D eigenvalue weighted by Crippen LogP contribution is 2.38. The Bertz CT molecular complexity index is 1290. The number of hydrogen-bond donors (Lipinski definition) is 2. The number of pyridine rings is 1. The third-order valence-corrected chi connectivity index (χ3v) is 5.76. The van der Waals surface area contributed by atoms with Crippen molar-refractivity contribution in [3.8, 4) is 11.1 Å². The molecule has 2 amide bonds. The second-order valence-electron chi connectivity index (χ2n) is 9.86. The molecule has 190 valence electrons. The molecule has 0 bridgehead atoms. The molecule has 36 heavy (non-hydrogen) atoms. The monoisotopic (exact) mass is 501 g/mol. The molecule has 1 unspecified atom stereocenters. The van der Waals surface area contributed by atoms with E-state index >= 15 is 0 Å². The molecule has 1 aliphatic carbocycles. The first-order valence-electron chi connectivity index (χ1n) is 11.5. The molecule has 2 N–H and O–H groups in total. The van der Waals surface area contributed by atoms with E-state index in [4.69, 9.17) is 4.52 Å². The van der Waals surface area contributed by atoms with Crippen LogP contribution in [0.5, 0.6) is 0 Å². The quantitative estimate of drug-likeness (QED) is 0.475. The van der Waals surface area contributed by atoms with E-state index in [0.717, 1.165) is 18.9 Å². The lowest BCUT2D eigenvalue weighted by molar-refractivity contribution is -0.138. The Morgan fingerprint density at radius 3 is 2.39 bits per heavy atom. The number of aromatic nitrogens is 3. The molecular formula is C25H26F3N5O3. The van der Waals surface area contributed by atoms with E-state index in [1.54, 1.807) is 6.07 Å². The number of nitrogens with zero attached hydrogens (tertiary/aromatic N) is 3. The lowest BCUT2D eigenvalue weighted by Crippen LogP contribution is -2.28. The molecule has 3 aromatic rings. The van der Waals surface area contributed by atoms with Crippen molar-refractivity contribution in [1.82, 2.24) is 20.4 Å². The molecule has 0 spiro atoms. The van der Waals surface area contributed by atoms with Crippen LogP contribution in [0.4, 0.5) is 19.0 Å². The smallest absolute Gasteiger partial charge is 0.341 e. The fourth-order valence-corrected chi connectivity index (χ4v) is 3.57. The van der Waals surface area contributed by atoms with Crippen molar-refractivity contribution < 1.29 is 27.3 Å². The predicted molar refractivity (Wildman–Crippen MR) is 125 cm³/mol. The van der Waals surface area contributed by atoms with Crippen LogP contribution in [0.1, 0.15) is 74.2 Å². The molecule has 1 fully saturated rings. The Morgan fingerprint density at radius 1 is 1.08 bits per heavy atom. The zero-order valence-electron chi connectivity index (χ0n) is 20.2. The van der Waals surface area contributed by atoms with Gasteiger partial charge in [-0.15, -0.1) is 0 Å². The zero-order valence-corrected chi connectivity index (χ0v) is 20.2. The van der Waals surface area contributed by atoms with Crippen LogP contribution in [0.3, 0.4) is 0 Å². The van der Waals surface area contributed by atoms with Gasteiger partial charge in [-0.05, 0) is 54.7 Å². The Balaban J connectivity index is 1.58. The van der Waals surface area contributed by atoms with E-state index in [-0.39, 0.29) is 29.1 Å². The summed E-state index contributed by atoms with van der Waals surface area (Å²) >= 11 is 0. The number of hydrogen-bond acceptors (Lipinski definition) is 6. The number of amides is 2. The molecule has 4 rings (SSSR count). The van der Waals surface area contributed by atoms with Gasteiger partial charge in [0.15, 0.2) is 5.82 Å². The van der Waals surface area contributed by atoms with Crippen molar-refractivity contribution >= 4 is 17.6 Å². The summed E-state index contributed by atoms with van der Waals surface area (Å²) in [6, 6.07) is 5.96. The van der Waals surface area contributed by atoms with Crippen LogP contribution in [0.15, 0.2) is 41.1 Å². The van der Waals surface area contributed by atoms with Crippen molar-refractivity contribution in [3.05, 3.63) is 59.4 Å². The largest absolute Gasteiger partial charge is 0.416 e. The summed E-state index contributed by atoms with van der Waals surface area (Å²) in [4.78, 5) is 32.7. The second-order valence-corrected chi connectivity index (χ2v) is 9.86. The number of alkyl halides is 3. The van der Waals surface area contributed by atoms with Gasteiger partial charge in [0.2, 0.25) is 5.91 Å². The fourth-order valence-electron chi connectivity index (χ4n) is 3.57. The van der Waals surface area contributed by atoms with Crippen molar-refractivity contribution in [2.24, 2.45) is 5.92 Å². The first-order valence-corrected chi connectivity index (χ1v) is 11.5. The summed E-state index contributed by atoms with van der Waals surface area (Å²) in [5.74, 6) is -0.688. The molecule has 2 aromatic heterocycles.